The zero-order valence-electron chi connectivity index (χ0n) is 18.5. The van der Waals surface area contributed by atoms with E-state index in [0.717, 1.165) is 40.5 Å². The lowest BCUT2D eigenvalue weighted by Gasteiger charge is -2.36. The molecule has 2 N–H and O–H groups in total. The smallest absolute Gasteiger partial charge is 0.253 e. The van der Waals surface area contributed by atoms with Gasteiger partial charge in [-0.25, -0.2) is 0 Å². The van der Waals surface area contributed by atoms with Crippen molar-refractivity contribution in [3.63, 3.8) is 0 Å². The van der Waals surface area contributed by atoms with Crippen LogP contribution >= 0.6 is 11.3 Å². The van der Waals surface area contributed by atoms with Crippen LogP contribution in [-0.2, 0) is 6.54 Å². The molecule has 1 saturated carbocycles. The van der Waals surface area contributed by atoms with E-state index >= 15 is 0 Å². The fraction of sp³-hybridized carbons (Fsp3) is 0.542. The van der Waals surface area contributed by atoms with E-state index in [-0.39, 0.29) is 5.56 Å². The van der Waals surface area contributed by atoms with Crippen molar-refractivity contribution >= 4 is 22.0 Å². The van der Waals surface area contributed by atoms with Crippen LogP contribution in [-0.4, -0.2) is 17.6 Å². The van der Waals surface area contributed by atoms with Crippen molar-refractivity contribution in [1.29, 1.82) is 0 Å². The molecule has 2 heterocycles. The van der Waals surface area contributed by atoms with Gasteiger partial charge >= 0.3 is 0 Å². The summed E-state index contributed by atoms with van der Waals surface area (Å²) in [5, 5.41) is 6.96. The van der Waals surface area contributed by atoms with Gasteiger partial charge in [0.1, 0.15) is 0 Å². The number of H-pyrrole nitrogens is 1. The van der Waals surface area contributed by atoms with Crippen LogP contribution in [0.3, 0.4) is 0 Å². The number of nitrogens with zero attached hydrogens (tertiary/aromatic N) is 1. The Hall–Kier alpha value is -2.01. The number of thiophene rings is 1. The maximum absolute atomic E-state index is 12.3. The lowest BCUT2D eigenvalue weighted by atomic mass is 9.86. The van der Waals surface area contributed by atoms with E-state index < -0.39 is 0 Å². The Labute approximate surface area is 179 Å². The first-order valence-corrected chi connectivity index (χ1v) is 11.7. The Balaban J connectivity index is 1.73. The van der Waals surface area contributed by atoms with Gasteiger partial charge in [-0.05, 0) is 76.5 Å². The first-order chi connectivity index (χ1) is 13.8. The van der Waals surface area contributed by atoms with E-state index in [9.17, 15) is 4.79 Å². The van der Waals surface area contributed by atoms with Gasteiger partial charge in [0.15, 0.2) is 0 Å². The summed E-state index contributed by atoms with van der Waals surface area (Å²) in [6.45, 7) is 16.5. The Kier molecular flexibility index (Phi) is 6.89. The summed E-state index contributed by atoms with van der Waals surface area (Å²) in [7, 11) is 0. The predicted octanol–water partition coefficient (Wildman–Crippen LogP) is 5.53. The first kappa shape index (κ1) is 21.7. The molecule has 1 fully saturated rings. The molecule has 0 bridgehead atoms. The molecule has 3 rings (SSSR count). The standard InChI is InChI=1S/C24H35N3OS/c1-7-27(20-10-8-15(2)9-11-20)24-18(5)22(14-29-24)19(6)25-13-21-16(3)12-17(4)26-23(21)28/h12,14-15,20,25H,6-11,13H2,1-5H3,(H,26,28). The topological polar surface area (TPSA) is 48.1 Å². The van der Waals surface area contributed by atoms with Crippen LogP contribution in [0.1, 0.15) is 67.5 Å². The van der Waals surface area contributed by atoms with Crippen LogP contribution in [0.25, 0.3) is 5.70 Å². The first-order valence-electron chi connectivity index (χ1n) is 10.8. The van der Waals surface area contributed by atoms with Crippen molar-refractivity contribution < 1.29 is 0 Å². The van der Waals surface area contributed by atoms with Crippen molar-refractivity contribution in [2.75, 3.05) is 11.4 Å². The summed E-state index contributed by atoms with van der Waals surface area (Å²) in [5.41, 5.74) is 6.00. The molecule has 0 amide bonds. The average molecular weight is 414 g/mol. The number of pyridine rings is 1. The van der Waals surface area contributed by atoms with Gasteiger partial charge in [0.25, 0.3) is 5.56 Å². The van der Waals surface area contributed by atoms with Crippen molar-refractivity contribution in [3.8, 4) is 0 Å². The molecule has 0 unspecified atom stereocenters. The van der Waals surface area contributed by atoms with Gasteiger partial charge < -0.3 is 15.2 Å². The largest absolute Gasteiger partial charge is 0.381 e. The summed E-state index contributed by atoms with van der Waals surface area (Å²) < 4.78 is 0. The number of aromatic amines is 1. The number of nitrogens with one attached hydrogen (secondary N) is 2. The number of hydrogen-bond donors (Lipinski definition) is 2. The van der Waals surface area contributed by atoms with Crippen LogP contribution in [0.5, 0.6) is 0 Å². The second-order valence-electron chi connectivity index (χ2n) is 8.55. The SMILES string of the molecule is C=C(NCc1c(C)cc(C)[nH]c1=O)c1csc(N(CC)C2CCC(C)CC2)c1C. The van der Waals surface area contributed by atoms with Gasteiger partial charge in [-0.3, -0.25) is 4.79 Å². The quantitative estimate of drug-likeness (QED) is 0.628. The van der Waals surface area contributed by atoms with E-state index in [4.69, 9.17) is 0 Å². The van der Waals surface area contributed by atoms with E-state index in [0.29, 0.717) is 12.6 Å². The van der Waals surface area contributed by atoms with Crippen LogP contribution in [0.4, 0.5) is 5.00 Å². The van der Waals surface area contributed by atoms with Gasteiger partial charge in [-0.15, -0.1) is 11.3 Å². The molecule has 5 heteroatoms. The third kappa shape index (κ3) is 4.77. The van der Waals surface area contributed by atoms with Crippen molar-refractivity contribution in [1.82, 2.24) is 10.3 Å². The second kappa shape index (κ2) is 9.21. The molecule has 2 aromatic heterocycles. The van der Waals surface area contributed by atoms with E-state index in [1.54, 1.807) is 0 Å². The Bertz CT molecular complexity index is 919. The van der Waals surface area contributed by atoms with Crippen LogP contribution in [0.15, 0.2) is 22.8 Å². The van der Waals surface area contributed by atoms with Crippen molar-refractivity contribution in [2.24, 2.45) is 5.92 Å². The molecule has 0 saturated heterocycles. The summed E-state index contributed by atoms with van der Waals surface area (Å²) >= 11 is 1.82. The van der Waals surface area contributed by atoms with Crippen LogP contribution < -0.4 is 15.8 Å². The third-order valence-electron chi connectivity index (χ3n) is 6.34. The van der Waals surface area contributed by atoms with Gasteiger partial charge in [0, 0.05) is 47.0 Å². The normalized spacial score (nSPS) is 19.2. The molecule has 29 heavy (non-hydrogen) atoms. The van der Waals surface area contributed by atoms with Crippen molar-refractivity contribution in [3.05, 3.63) is 56.3 Å². The summed E-state index contributed by atoms with van der Waals surface area (Å²) in [4.78, 5) is 17.8. The summed E-state index contributed by atoms with van der Waals surface area (Å²) in [6, 6.07) is 2.66. The minimum absolute atomic E-state index is 0.0192. The van der Waals surface area contributed by atoms with Crippen molar-refractivity contribution in [2.45, 2.75) is 72.9 Å². The highest BCUT2D eigenvalue weighted by atomic mass is 32.1. The summed E-state index contributed by atoms with van der Waals surface area (Å²) in [6.07, 6.45) is 5.24. The average Bonchev–Trinajstić information content (AvgIpc) is 3.04. The second-order valence-corrected chi connectivity index (χ2v) is 9.41. The lowest BCUT2D eigenvalue weighted by Crippen LogP contribution is -2.37. The van der Waals surface area contributed by atoms with Gasteiger partial charge in [0.2, 0.25) is 0 Å². The number of anilines is 1. The number of hydrogen-bond acceptors (Lipinski definition) is 4. The predicted molar refractivity (Wildman–Crippen MR) is 126 cm³/mol. The van der Waals surface area contributed by atoms with Gasteiger partial charge in [0.05, 0.1) is 5.00 Å². The lowest BCUT2D eigenvalue weighted by molar-refractivity contribution is 0.336. The fourth-order valence-electron chi connectivity index (χ4n) is 4.50. The molecule has 1 aliphatic rings. The van der Waals surface area contributed by atoms with E-state index in [1.807, 2.05) is 31.3 Å². The molecule has 0 radical (unpaired) electrons. The fourth-order valence-corrected chi connectivity index (χ4v) is 5.75. The van der Waals surface area contributed by atoms with Crippen LogP contribution in [0.2, 0.25) is 0 Å². The Morgan fingerprint density at radius 1 is 1.28 bits per heavy atom. The van der Waals surface area contributed by atoms with Gasteiger partial charge in [-0.2, -0.15) is 0 Å². The molecular weight excluding hydrogens is 378 g/mol. The monoisotopic (exact) mass is 413 g/mol. The highest BCUT2D eigenvalue weighted by Crippen LogP contribution is 2.38. The molecule has 1 aliphatic carbocycles. The molecular formula is C24H35N3OS. The molecule has 0 atom stereocenters. The minimum atomic E-state index is -0.0192. The zero-order chi connectivity index (χ0) is 21.1. The molecule has 0 spiro atoms. The highest BCUT2D eigenvalue weighted by molar-refractivity contribution is 7.14. The minimum Gasteiger partial charge on any atom is -0.381 e. The maximum Gasteiger partial charge on any atom is 0.253 e. The highest BCUT2D eigenvalue weighted by Gasteiger charge is 2.26. The number of aryl methyl sites for hydroxylation is 2. The maximum atomic E-state index is 12.3. The molecule has 0 aliphatic heterocycles. The summed E-state index contributed by atoms with van der Waals surface area (Å²) in [5.74, 6) is 0.863. The molecule has 0 aromatic carbocycles. The van der Waals surface area contributed by atoms with Crippen LogP contribution in [0, 0.1) is 26.7 Å². The third-order valence-corrected chi connectivity index (χ3v) is 7.46. The molecule has 2 aromatic rings. The van der Waals surface area contributed by atoms with Gasteiger partial charge in [-0.1, -0.05) is 13.5 Å². The molecule has 158 valence electrons. The Morgan fingerprint density at radius 2 is 1.97 bits per heavy atom. The number of aromatic nitrogens is 1. The Morgan fingerprint density at radius 3 is 2.59 bits per heavy atom. The zero-order valence-corrected chi connectivity index (χ0v) is 19.3. The van der Waals surface area contributed by atoms with E-state index in [1.165, 1.54) is 36.2 Å². The molecule has 4 nitrogen and oxygen atoms in total. The number of rotatable bonds is 7. The van der Waals surface area contributed by atoms with E-state index in [2.05, 4.69) is 47.9 Å².